The van der Waals surface area contributed by atoms with Crippen LogP contribution in [0.4, 0.5) is 13.2 Å². The first-order chi connectivity index (χ1) is 12.3. The van der Waals surface area contributed by atoms with Crippen LogP contribution >= 0.6 is 11.3 Å². The topological polar surface area (TPSA) is 59.8 Å². The van der Waals surface area contributed by atoms with Crippen LogP contribution in [0.1, 0.15) is 20.9 Å². The molecule has 26 heavy (non-hydrogen) atoms. The molecule has 0 bridgehead atoms. The molecular weight excluding hydrogens is 365 g/mol. The van der Waals surface area contributed by atoms with Crippen molar-refractivity contribution in [2.45, 2.75) is 12.6 Å². The highest BCUT2D eigenvalue weighted by Gasteiger charge is 2.35. The molecule has 3 rings (SSSR count). The summed E-state index contributed by atoms with van der Waals surface area (Å²) in [5, 5.41) is 6.68. The Balaban J connectivity index is 1.65. The SMILES string of the molecule is Cn1nc(-c2ccc(C(=O)NCCc3cccnc3)s2)cc1C(F)(F)F. The first-order valence-electron chi connectivity index (χ1n) is 7.73. The van der Waals surface area contributed by atoms with E-state index in [0.717, 1.165) is 27.6 Å². The average Bonchev–Trinajstić information content (AvgIpc) is 3.22. The smallest absolute Gasteiger partial charge is 0.351 e. The number of aromatic nitrogens is 3. The highest BCUT2D eigenvalue weighted by molar-refractivity contribution is 7.17. The van der Waals surface area contributed by atoms with Crippen LogP contribution in [0, 0.1) is 0 Å². The molecule has 0 saturated heterocycles. The number of pyridine rings is 1. The van der Waals surface area contributed by atoms with Gasteiger partial charge in [0, 0.05) is 26.0 Å². The molecule has 1 N–H and O–H groups in total. The van der Waals surface area contributed by atoms with E-state index in [1.165, 1.54) is 7.05 Å². The average molecular weight is 380 g/mol. The Hall–Kier alpha value is -2.68. The van der Waals surface area contributed by atoms with E-state index in [1.54, 1.807) is 24.5 Å². The maximum Gasteiger partial charge on any atom is 0.433 e. The first-order valence-corrected chi connectivity index (χ1v) is 8.55. The summed E-state index contributed by atoms with van der Waals surface area (Å²) in [6.45, 7) is 0.444. The van der Waals surface area contributed by atoms with Crippen molar-refractivity contribution in [3.8, 4) is 10.6 Å². The Morgan fingerprint density at radius 2 is 2.12 bits per heavy atom. The molecule has 0 unspecified atom stereocenters. The van der Waals surface area contributed by atoms with Crippen molar-refractivity contribution in [1.29, 1.82) is 0 Å². The van der Waals surface area contributed by atoms with Gasteiger partial charge in [-0.25, -0.2) is 0 Å². The maximum atomic E-state index is 12.9. The highest BCUT2D eigenvalue weighted by Crippen LogP contribution is 2.34. The predicted octanol–water partition coefficient (Wildman–Crippen LogP) is 3.53. The van der Waals surface area contributed by atoms with E-state index in [1.807, 2.05) is 12.1 Å². The van der Waals surface area contributed by atoms with Gasteiger partial charge >= 0.3 is 6.18 Å². The molecule has 0 aliphatic heterocycles. The van der Waals surface area contributed by atoms with Crippen LogP contribution in [-0.4, -0.2) is 27.2 Å². The number of alkyl halides is 3. The number of carbonyl (C=O) groups is 1. The number of halogens is 3. The number of hydrogen-bond acceptors (Lipinski definition) is 4. The van der Waals surface area contributed by atoms with E-state index in [2.05, 4.69) is 15.4 Å². The molecule has 3 heterocycles. The summed E-state index contributed by atoms with van der Waals surface area (Å²) in [5.74, 6) is -0.267. The number of amides is 1. The third-order valence-corrected chi connectivity index (χ3v) is 4.78. The molecule has 0 spiro atoms. The molecule has 3 aromatic rings. The van der Waals surface area contributed by atoms with E-state index in [-0.39, 0.29) is 11.6 Å². The number of aryl methyl sites for hydroxylation is 1. The number of rotatable bonds is 5. The Morgan fingerprint density at radius 1 is 1.31 bits per heavy atom. The molecule has 0 aromatic carbocycles. The molecular formula is C17H15F3N4OS. The second-order valence-corrected chi connectivity index (χ2v) is 6.65. The van der Waals surface area contributed by atoms with E-state index < -0.39 is 11.9 Å². The summed E-state index contributed by atoms with van der Waals surface area (Å²) in [6, 6.07) is 7.91. The third-order valence-electron chi connectivity index (χ3n) is 3.67. The van der Waals surface area contributed by atoms with Crippen molar-refractivity contribution in [1.82, 2.24) is 20.1 Å². The van der Waals surface area contributed by atoms with Crippen molar-refractivity contribution < 1.29 is 18.0 Å². The minimum Gasteiger partial charge on any atom is -0.351 e. The summed E-state index contributed by atoms with van der Waals surface area (Å²) in [5.41, 5.74) is 0.371. The standard InChI is InChI=1S/C17H15F3N4OS/c1-24-15(17(18,19)20)9-12(23-24)13-4-5-14(26-13)16(25)22-8-6-11-3-2-7-21-10-11/h2-5,7,9-10H,6,8H2,1H3,(H,22,25). The summed E-state index contributed by atoms with van der Waals surface area (Å²) < 4.78 is 39.4. The maximum absolute atomic E-state index is 12.9. The largest absolute Gasteiger partial charge is 0.433 e. The van der Waals surface area contributed by atoms with Gasteiger partial charge in [0.15, 0.2) is 0 Å². The van der Waals surface area contributed by atoms with Gasteiger partial charge in [-0.05, 0) is 36.2 Å². The zero-order valence-electron chi connectivity index (χ0n) is 13.7. The summed E-state index contributed by atoms with van der Waals surface area (Å²) in [7, 11) is 1.24. The van der Waals surface area contributed by atoms with E-state index in [9.17, 15) is 18.0 Å². The molecule has 136 valence electrons. The summed E-state index contributed by atoms with van der Waals surface area (Å²) >= 11 is 1.11. The van der Waals surface area contributed by atoms with Crippen molar-refractivity contribution in [2.75, 3.05) is 6.54 Å². The van der Waals surface area contributed by atoms with Gasteiger partial charge in [-0.2, -0.15) is 18.3 Å². The molecule has 0 fully saturated rings. The monoisotopic (exact) mass is 380 g/mol. The lowest BCUT2D eigenvalue weighted by molar-refractivity contribution is -0.143. The number of hydrogen-bond donors (Lipinski definition) is 1. The van der Waals surface area contributed by atoms with Crippen molar-refractivity contribution >= 4 is 17.2 Å². The van der Waals surface area contributed by atoms with Crippen LogP contribution in [0.15, 0.2) is 42.7 Å². The normalized spacial score (nSPS) is 11.5. The van der Waals surface area contributed by atoms with Crippen LogP contribution in [0.2, 0.25) is 0 Å². The molecule has 0 radical (unpaired) electrons. The van der Waals surface area contributed by atoms with Gasteiger partial charge in [-0.15, -0.1) is 11.3 Å². The third kappa shape index (κ3) is 4.10. The van der Waals surface area contributed by atoms with Crippen LogP contribution in [-0.2, 0) is 19.6 Å². The van der Waals surface area contributed by atoms with E-state index in [0.29, 0.717) is 22.7 Å². The van der Waals surface area contributed by atoms with Crippen LogP contribution in [0.3, 0.4) is 0 Å². The Morgan fingerprint density at radius 3 is 2.77 bits per heavy atom. The van der Waals surface area contributed by atoms with Gasteiger partial charge in [0.1, 0.15) is 11.4 Å². The van der Waals surface area contributed by atoms with Crippen LogP contribution in [0.25, 0.3) is 10.6 Å². The molecule has 3 aromatic heterocycles. The number of nitrogens with zero attached hydrogens (tertiary/aromatic N) is 3. The molecule has 0 atom stereocenters. The second kappa shape index (κ2) is 7.28. The minimum absolute atomic E-state index is 0.194. The number of nitrogens with one attached hydrogen (secondary N) is 1. The van der Waals surface area contributed by atoms with Gasteiger partial charge in [0.05, 0.1) is 9.75 Å². The fourth-order valence-corrected chi connectivity index (χ4v) is 3.28. The van der Waals surface area contributed by atoms with Gasteiger partial charge in [0.25, 0.3) is 5.91 Å². The molecule has 0 saturated carbocycles. The molecule has 9 heteroatoms. The van der Waals surface area contributed by atoms with Crippen LogP contribution < -0.4 is 5.32 Å². The predicted molar refractivity (Wildman–Crippen MR) is 91.8 cm³/mol. The number of thiophene rings is 1. The van der Waals surface area contributed by atoms with Gasteiger partial charge in [-0.1, -0.05) is 6.07 Å². The minimum atomic E-state index is -4.47. The molecule has 0 aliphatic rings. The first kappa shape index (κ1) is 18.1. The van der Waals surface area contributed by atoms with Crippen molar-refractivity contribution in [3.05, 3.63) is 58.9 Å². The lowest BCUT2D eigenvalue weighted by Gasteiger charge is -2.04. The Bertz CT molecular complexity index is 902. The van der Waals surface area contributed by atoms with Gasteiger partial charge in [0.2, 0.25) is 0 Å². The lowest BCUT2D eigenvalue weighted by Crippen LogP contribution is -2.24. The molecule has 0 aliphatic carbocycles. The zero-order valence-corrected chi connectivity index (χ0v) is 14.6. The molecule has 1 amide bonds. The van der Waals surface area contributed by atoms with E-state index >= 15 is 0 Å². The Kier molecular flexibility index (Phi) is 5.08. The highest BCUT2D eigenvalue weighted by atomic mass is 32.1. The fourth-order valence-electron chi connectivity index (χ4n) is 2.40. The summed E-state index contributed by atoms with van der Waals surface area (Å²) in [4.78, 5) is 17.1. The van der Waals surface area contributed by atoms with Gasteiger partial charge in [-0.3, -0.25) is 14.5 Å². The molecule has 5 nitrogen and oxygen atoms in total. The second-order valence-electron chi connectivity index (χ2n) is 5.57. The van der Waals surface area contributed by atoms with E-state index in [4.69, 9.17) is 0 Å². The summed E-state index contributed by atoms with van der Waals surface area (Å²) in [6.07, 6.45) is -0.414. The van der Waals surface area contributed by atoms with Crippen molar-refractivity contribution in [3.63, 3.8) is 0 Å². The van der Waals surface area contributed by atoms with Gasteiger partial charge < -0.3 is 5.32 Å². The quantitative estimate of drug-likeness (QED) is 0.737. The zero-order chi connectivity index (χ0) is 18.7. The Labute approximate surface area is 151 Å². The van der Waals surface area contributed by atoms with Crippen molar-refractivity contribution in [2.24, 2.45) is 7.05 Å². The number of carbonyl (C=O) groups excluding carboxylic acids is 1. The van der Waals surface area contributed by atoms with Crippen LogP contribution in [0.5, 0.6) is 0 Å². The lowest BCUT2D eigenvalue weighted by atomic mass is 10.2. The fraction of sp³-hybridized carbons (Fsp3) is 0.235.